The fourth-order valence-corrected chi connectivity index (χ4v) is 4.26. The van der Waals surface area contributed by atoms with E-state index in [4.69, 9.17) is 14.0 Å². The first kappa shape index (κ1) is 19.9. The number of rotatable bonds is 8. The van der Waals surface area contributed by atoms with Gasteiger partial charge in [-0.05, 0) is 36.6 Å². The zero-order valence-corrected chi connectivity index (χ0v) is 17.0. The maximum Gasteiger partial charge on any atom is 0.252 e. The predicted octanol–water partition coefficient (Wildman–Crippen LogP) is 3.83. The molecule has 156 valence electrons. The highest BCUT2D eigenvalue weighted by molar-refractivity contribution is 5.76. The van der Waals surface area contributed by atoms with Crippen LogP contribution in [-0.2, 0) is 16.1 Å². The highest BCUT2D eigenvalue weighted by Gasteiger charge is 2.28. The number of likely N-dealkylation sites (tertiary alicyclic amines) is 1. The number of aromatic nitrogens is 2. The van der Waals surface area contributed by atoms with Gasteiger partial charge in [0.15, 0.2) is 0 Å². The minimum absolute atomic E-state index is 0.0507. The van der Waals surface area contributed by atoms with Gasteiger partial charge in [-0.1, -0.05) is 30.8 Å². The number of hydrogen-bond acceptors (Lipinski definition) is 6. The van der Waals surface area contributed by atoms with E-state index in [2.05, 4.69) is 10.1 Å². The van der Waals surface area contributed by atoms with Gasteiger partial charge in [-0.25, -0.2) is 0 Å². The van der Waals surface area contributed by atoms with Crippen LogP contribution in [0.2, 0.25) is 0 Å². The summed E-state index contributed by atoms with van der Waals surface area (Å²) in [4.78, 5) is 18.7. The van der Waals surface area contributed by atoms with Crippen LogP contribution in [0.3, 0.4) is 0 Å². The quantitative estimate of drug-likeness (QED) is 0.671. The number of hydrogen-bond donors (Lipinski definition) is 0. The lowest BCUT2D eigenvalue weighted by Crippen LogP contribution is -2.31. The van der Waals surface area contributed by atoms with E-state index < -0.39 is 0 Å². The summed E-state index contributed by atoms with van der Waals surface area (Å²) in [5.74, 6) is 2.81. The van der Waals surface area contributed by atoms with Gasteiger partial charge < -0.3 is 18.9 Å². The summed E-state index contributed by atoms with van der Waals surface area (Å²) in [6.07, 6.45) is 7.92. The van der Waals surface area contributed by atoms with Crippen molar-refractivity contribution in [2.75, 3.05) is 20.2 Å². The molecule has 1 aliphatic carbocycles. The van der Waals surface area contributed by atoms with Crippen molar-refractivity contribution in [1.82, 2.24) is 15.0 Å². The Balaban J connectivity index is 1.25. The average Bonchev–Trinajstić information content (AvgIpc) is 3.49. The van der Waals surface area contributed by atoms with Crippen molar-refractivity contribution in [2.24, 2.45) is 5.92 Å². The van der Waals surface area contributed by atoms with E-state index in [1.807, 2.05) is 29.2 Å². The molecule has 7 nitrogen and oxygen atoms in total. The third kappa shape index (κ3) is 5.15. The summed E-state index contributed by atoms with van der Waals surface area (Å²) >= 11 is 0. The number of methoxy groups -OCH3 is 1. The fraction of sp³-hybridized carbons (Fsp3) is 0.591. The van der Waals surface area contributed by atoms with E-state index in [-0.39, 0.29) is 12.0 Å². The molecule has 29 heavy (non-hydrogen) atoms. The monoisotopic (exact) mass is 399 g/mol. The third-order valence-corrected chi connectivity index (χ3v) is 5.89. The van der Waals surface area contributed by atoms with Crippen molar-refractivity contribution < 1.29 is 18.8 Å². The van der Waals surface area contributed by atoms with Crippen LogP contribution in [0.15, 0.2) is 28.8 Å². The van der Waals surface area contributed by atoms with Crippen LogP contribution >= 0.6 is 0 Å². The van der Waals surface area contributed by atoms with Crippen LogP contribution in [0.1, 0.15) is 50.8 Å². The highest BCUT2D eigenvalue weighted by atomic mass is 16.5. The Bertz CT molecular complexity index is 799. The molecule has 1 atom stereocenters. The van der Waals surface area contributed by atoms with Crippen LogP contribution in [0.5, 0.6) is 5.75 Å². The molecule has 0 N–H and O–H groups in total. The van der Waals surface area contributed by atoms with E-state index in [0.717, 1.165) is 36.6 Å². The molecule has 2 fully saturated rings. The number of amides is 1. The lowest BCUT2D eigenvalue weighted by molar-refractivity contribution is -0.130. The van der Waals surface area contributed by atoms with Crippen molar-refractivity contribution in [3.8, 4) is 17.1 Å². The zero-order valence-electron chi connectivity index (χ0n) is 17.0. The van der Waals surface area contributed by atoms with Crippen molar-refractivity contribution in [1.29, 1.82) is 0 Å². The van der Waals surface area contributed by atoms with Gasteiger partial charge in [0.05, 0.1) is 6.54 Å². The van der Waals surface area contributed by atoms with E-state index >= 15 is 0 Å². The number of ether oxygens (including phenoxy) is 2. The third-order valence-electron chi connectivity index (χ3n) is 5.89. The number of carbonyl (C=O) groups excluding carboxylic acids is 1. The smallest absolute Gasteiger partial charge is 0.252 e. The van der Waals surface area contributed by atoms with Crippen molar-refractivity contribution >= 4 is 5.91 Å². The molecule has 1 saturated carbocycles. The van der Waals surface area contributed by atoms with Crippen LogP contribution in [-0.4, -0.2) is 47.3 Å². The number of benzene rings is 1. The second kappa shape index (κ2) is 9.39. The summed E-state index contributed by atoms with van der Waals surface area (Å²) in [6.45, 7) is 1.76. The van der Waals surface area contributed by atoms with Gasteiger partial charge in [-0.15, -0.1) is 0 Å². The Morgan fingerprint density at radius 2 is 2.00 bits per heavy atom. The molecular weight excluding hydrogens is 370 g/mol. The van der Waals surface area contributed by atoms with Crippen LogP contribution < -0.4 is 4.74 Å². The molecule has 7 heteroatoms. The molecule has 1 aliphatic heterocycles. The molecule has 1 amide bonds. The second-order valence-corrected chi connectivity index (χ2v) is 8.03. The first-order valence-corrected chi connectivity index (χ1v) is 10.6. The maximum absolute atomic E-state index is 12.5. The molecule has 4 rings (SSSR count). The van der Waals surface area contributed by atoms with E-state index in [0.29, 0.717) is 31.3 Å². The lowest BCUT2D eigenvalue weighted by Gasteiger charge is -2.18. The molecule has 1 saturated heterocycles. The molecule has 1 aromatic heterocycles. The molecule has 2 aliphatic rings. The predicted molar refractivity (Wildman–Crippen MR) is 107 cm³/mol. The van der Waals surface area contributed by atoms with E-state index in [1.165, 1.54) is 25.7 Å². The fourth-order valence-electron chi connectivity index (χ4n) is 4.26. The summed E-state index contributed by atoms with van der Waals surface area (Å²) in [5.41, 5.74) is 0.860. The minimum atomic E-state index is 0.0507. The van der Waals surface area contributed by atoms with Gasteiger partial charge in [0.1, 0.15) is 18.5 Å². The molecular formula is C22H29N3O4. The Morgan fingerprint density at radius 3 is 2.76 bits per heavy atom. The molecule has 0 radical (unpaired) electrons. The van der Waals surface area contributed by atoms with Crippen LogP contribution in [0.4, 0.5) is 0 Å². The first-order valence-electron chi connectivity index (χ1n) is 10.6. The Morgan fingerprint density at radius 1 is 1.21 bits per heavy atom. The van der Waals surface area contributed by atoms with Crippen molar-refractivity contribution in [3.05, 3.63) is 30.2 Å². The van der Waals surface area contributed by atoms with Crippen molar-refractivity contribution in [2.45, 2.75) is 57.7 Å². The summed E-state index contributed by atoms with van der Waals surface area (Å²) in [6, 6.07) is 7.64. The average molecular weight is 399 g/mol. The largest absolute Gasteiger partial charge is 0.489 e. The Labute approximate surface area is 171 Å². The molecule has 0 bridgehead atoms. The Hall–Kier alpha value is -2.41. The minimum Gasteiger partial charge on any atom is -0.489 e. The molecule has 2 aromatic rings. The Kier molecular flexibility index (Phi) is 6.44. The van der Waals surface area contributed by atoms with Gasteiger partial charge in [-0.3, -0.25) is 4.79 Å². The normalized spacial score (nSPS) is 19.8. The number of nitrogens with zero attached hydrogens (tertiary/aromatic N) is 3. The molecule has 1 aromatic carbocycles. The van der Waals surface area contributed by atoms with Gasteiger partial charge in [0, 0.05) is 32.1 Å². The van der Waals surface area contributed by atoms with Crippen molar-refractivity contribution in [3.63, 3.8) is 0 Å². The van der Waals surface area contributed by atoms with Gasteiger partial charge in [0.2, 0.25) is 11.7 Å². The summed E-state index contributed by atoms with van der Waals surface area (Å²) < 4.78 is 16.2. The molecule has 0 spiro atoms. The van der Waals surface area contributed by atoms with E-state index in [1.54, 1.807) is 7.11 Å². The standard InChI is InChI=1S/C22H29N3O4/c1-27-15-20-23-22(24-29-20)17-7-9-18(10-8-17)28-19-12-13-25(14-19)21(26)11-6-16-4-2-3-5-16/h7-10,16,19H,2-6,11-15H2,1H3. The first-order chi connectivity index (χ1) is 14.2. The number of carbonyl (C=O) groups is 1. The van der Waals surface area contributed by atoms with Crippen LogP contribution in [0.25, 0.3) is 11.4 Å². The summed E-state index contributed by atoms with van der Waals surface area (Å²) in [7, 11) is 1.59. The second-order valence-electron chi connectivity index (χ2n) is 8.03. The highest BCUT2D eigenvalue weighted by Crippen LogP contribution is 2.29. The zero-order chi connectivity index (χ0) is 20.1. The lowest BCUT2D eigenvalue weighted by atomic mass is 10.0. The van der Waals surface area contributed by atoms with Gasteiger partial charge in [-0.2, -0.15) is 4.98 Å². The van der Waals surface area contributed by atoms with Gasteiger partial charge >= 0.3 is 0 Å². The molecule has 1 unspecified atom stereocenters. The SMILES string of the molecule is COCc1nc(-c2ccc(OC3CCN(C(=O)CCC4CCCC4)C3)cc2)no1. The summed E-state index contributed by atoms with van der Waals surface area (Å²) in [5, 5.41) is 3.96. The maximum atomic E-state index is 12.5. The topological polar surface area (TPSA) is 77.7 Å². The van der Waals surface area contributed by atoms with Crippen LogP contribution in [0, 0.1) is 5.92 Å². The van der Waals surface area contributed by atoms with E-state index in [9.17, 15) is 4.79 Å². The van der Waals surface area contributed by atoms with Gasteiger partial charge in [0.25, 0.3) is 5.89 Å². The molecule has 2 heterocycles.